The summed E-state index contributed by atoms with van der Waals surface area (Å²) in [4.78, 5) is 8.79. The first-order chi connectivity index (χ1) is 27.3. The number of aromatic nitrogens is 4. The Kier molecular flexibility index (Phi) is 7.11. The molecule has 4 nitrogen and oxygen atoms in total. The van der Waals surface area contributed by atoms with Crippen LogP contribution < -0.4 is 0 Å². The van der Waals surface area contributed by atoms with Crippen LogP contribution in [0.2, 0.25) is 0 Å². The van der Waals surface area contributed by atoms with E-state index in [0.717, 1.165) is 0 Å². The molecule has 58 heavy (non-hydrogen) atoms. The number of hydrogen-bond acceptors (Lipinski definition) is 2. The van der Waals surface area contributed by atoms with Crippen molar-refractivity contribution < 1.29 is 52.7 Å². The number of rotatable bonds is 2. The Hall–Kier alpha value is -6.58. The average Bonchev–Trinajstić information content (AvgIpc) is 3.67. The van der Waals surface area contributed by atoms with Crippen molar-refractivity contribution in [3.05, 3.63) is 132 Å². The highest BCUT2D eigenvalue weighted by molar-refractivity contribution is 6.37. The molecule has 0 atom stereocenters. The lowest BCUT2D eigenvalue weighted by atomic mass is 9.90. The molecule has 0 spiro atoms. The van der Waals surface area contributed by atoms with E-state index < -0.39 is 58.3 Å². The van der Waals surface area contributed by atoms with E-state index in [2.05, 4.69) is 9.97 Å². The Morgan fingerprint density at radius 1 is 0.362 bits per heavy atom. The predicted molar refractivity (Wildman–Crippen MR) is 194 cm³/mol. The molecule has 10 aromatic rings. The van der Waals surface area contributed by atoms with Crippen LogP contribution in [0.4, 0.5) is 52.7 Å². The van der Waals surface area contributed by atoms with Crippen LogP contribution in [0, 0.1) is 0 Å². The summed E-state index contributed by atoms with van der Waals surface area (Å²) in [7, 11) is 0. The van der Waals surface area contributed by atoms with Crippen molar-refractivity contribution in [3.63, 3.8) is 0 Å². The number of hydrogen-bond donors (Lipinski definition) is 0. The van der Waals surface area contributed by atoms with Gasteiger partial charge in [-0.05, 0) is 105 Å². The standard InChI is InChI=1S/C42H18F12N4/c43-39(44,45)21-13-22(40(46,47)48)16-25(15-21)57-31-11-19-6-8-28-34-20(5-7-27(33(19)34)35(31)29-3-1-9-55-37(29)57)12-32-36(28)30-4-2-10-56-38(30)58(32)26-17-23(41(49,50)51)14-24(18-26)42(52,53)54/h1-18H. The summed E-state index contributed by atoms with van der Waals surface area (Å²) in [5, 5.41) is 5.33. The second-order valence-electron chi connectivity index (χ2n) is 13.9. The minimum Gasteiger partial charge on any atom is -0.294 e. The van der Waals surface area contributed by atoms with Crippen LogP contribution >= 0.6 is 0 Å². The van der Waals surface area contributed by atoms with Gasteiger partial charge in [0.05, 0.1) is 33.3 Å². The zero-order chi connectivity index (χ0) is 40.8. The summed E-state index contributed by atoms with van der Waals surface area (Å²) in [6, 6.07) is 19.2. The minimum atomic E-state index is -5.11. The molecule has 0 saturated carbocycles. The molecular weight excluding hydrogens is 788 g/mol. The van der Waals surface area contributed by atoms with Crippen LogP contribution in [0.15, 0.2) is 109 Å². The molecule has 0 aliphatic carbocycles. The number of benzene rings is 6. The molecule has 0 bridgehead atoms. The van der Waals surface area contributed by atoms with Gasteiger partial charge in [0.25, 0.3) is 0 Å². The highest BCUT2D eigenvalue weighted by atomic mass is 19.4. The molecule has 0 aliphatic rings. The van der Waals surface area contributed by atoms with Crippen molar-refractivity contribution in [2.75, 3.05) is 0 Å². The highest BCUT2D eigenvalue weighted by Crippen LogP contribution is 2.48. The van der Waals surface area contributed by atoms with Crippen molar-refractivity contribution in [3.8, 4) is 11.4 Å². The molecule has 0 radical (unpaired) electrons. The maximum absolute atomic E-state index is 14.0. The van der Waals surface area contributed by atoms with Crippen LogP contribution in [0.1, 0.15) is 22.3 Å². The Labute approximate surface area is 315 Å². The van der Waals surface area contributed by atoms with Gasteiger partial charge in [-0.15, -0.1) is 0 Å². The topological polar surface area (TPSA) is 35.6 Å². The fourth-order valence-electron chi connectivity index (χ4n) is 8.27. The lowest BCUT2D eigenvalue weighted by Gasteiger charge is -2.17. The van der Waals surface area contributed by atoms with Crippen LogP contribution in [-0.2, 0) is 24.7 Å². The first-order valence-corrected chi connectivity index (χ1v) is 17.2. The monoisotopic (exact) mass is 806 g/mol. The van der Waals surface area contributed by atoms with Gasteiger partial charge in [-0.25, -0.2) is 9.97 Å². The second-order valence-corrected chi connectivity index (χ2v) is 13.9. The molecule has 0 fully saturated rings. The zero-order valence-electron chi connectivity index (χ0n) is 28.7. The van der Waals surface area contributed by atoms with E-state index in [1.54, 1.807) is 60.7 Å². The molecule has 0 N–H and O–H groups in total. The van der Waals surface area contributed by atoms with Crippen molar-refractivity contribution in [1.82, 2.24) is 19.1 Å². The number of alkyl halides is 12. The molecule has 10 rings (SSSR count). The van der Waals surface area contributed by atoms with Gasteiger partial charge in [0.1, 0.15) is 11.3 Å². The van der Waals surface area contributed by atoms with E-state index in [-0.39, 0.29) is 34.5 Å². The van der Waals surface area contributed by atoms with Gasteiger partial charge in [0.2, 0.25) is 0 Å². The Bertz CT molecular complexity index is 3060. The SMILES string of the molecule is FC(F)(F)c1cc(-n2c3cc4ccc5c6c(ccc(c46)c3c3cccnc32)cc2c5c3cccnc3n2-c2cc(C(F)(F)F)cc(C(F)(F)F)c2)cc(C(F)(F)F)c1. The highest BCUT2D eigenvalue weighted by Gasteiger charge is 2.39. The van der Waals surface area contributed by atoms with Crippen LogP contribution in [0.5, 0.6) is 0 Å². The van der Waals surface area contributed by atoms with Gasteiger partial charge < -0.3 is 0 Å². The molecular formula is C42H18F12N4. The molecule has 6 aromatic carbocycles. The molecule has 290 valence electrons. The Morgan fingerprint density at radius 2 is 0.707 bits per heavy atom. The molecule has 0 aliphatic heterocycles. The quantitative estimate of drug-likeness (QED) is 0.129. The molecule has 0 unspecified atom stereocenters. The van der Waals surface area contributed by atoms with Crippen molar-refractivity contribution in [2.45, 2.75) is 24.7 Å². The number of fused-ring (bicyclic) bond motifs is 8. The van der Waals surface area contributed by atoms with E-state index in [1.165, 1.54) is 21.5 Å². The van der Waals surface area contributed by atoms with Crippen molar-refractivity contribution in [1.29, 1.82) is 0 Å². The fraction of sp³-hybridized carbons (Fsp3) is 0.0952. The van der Waals surface area contributed by atoms with Gasteiger partial charge in [-0.3, -0.25) is 9.13 Å². The van der Waals surface area contributed by atoms with E-state index in [4.69, 9.17) is 0 Å². The second kappa shape index (κ2) is 11.5. The van der Waals surface area contributed by atoms with Gasteiger partial charge in [0.15, 0.2) is 0 Å². The lowest BCUT2D eigenvalue weighted by Crippen LogP contribution is -2.12. The normalized spacial score (nSPS) is 13.5. The van der Waals surface area contributed by atoms with E-state index in [1.807, 2.05) is 0 Å². The molecule has 0 amide bonds. The third-order valence-corrected chi connectivity index (χ3v) is 10.5. The first-order valence-electron chi connectivity index (χ1n) is 17.2. The summed E-state index contributed by atoms with van der Waals surface area (Å²) in [6.45, 7) is 0. The third-order valence-electron chi connectivity index (χ3n) is 10.5. The molecule has 16 heteroatoms. The average molecular weight is 807 g/mol. The Morgan fingerprint density at radius 3 is 1.03 bits per heavy atom. The van der Waals surface area contributed by atoms with Crippen LogP contribution in [-0.4, -0.2) is 19.1 Å². The summed E-state index contributed by atoms with van der Waals surface area (Å²) >= 11 is 0. The number of pyridine rings is 2. The largest absolute Gasteiger partial charge is 0.416 e. The van der Waals surface area contributed by atoms with Crippen molar-refractivity contribution >= 4 is 76.2 Å². The summed E-state index contributed by atoms with van der Waals surface area (Å²) in [6.07, 6.45) is -17.7. The Balaban J connectivity index is 1.31. The smallest absolute Gasteiger partial charge is 0.294 e. The lowest BCUT2D eigenvalue weighted by molar-refractivity contribution is -0.144. The minimum absolute atomic E-state index is 0.0515. The number of halogens is 12. The molecule has 4 heterocycles. The molecule has 4 aromatic heterocycles. The number of nitrogens with zero attached hydrogens (tertiary/aromatic N) is 4. The predicted octanol–water partition coefficient (Wildman–Crippen LogP) is 13.6. The summed E-state index contributed by atoms with van der Waals surface area (Å²) in [5.41, 5.74) is -6.12. The van der Waals surface area contributed by atoms with Gasteiger partial charge in [0, 0.05) is 45.3 Å². The zero-order valence-corrected chi connectivity index (χ0v) is 28.7. The van der Waals surface area contributed by atoms with Crippen LogP contribution in [0.25, 0.3) is 87.6 Å². The van der Waals surface area contributed by atoms with Gasteiger partial charge in [-0.1, -0.05) is 24.3 Å². The maximum atomic E-state index is 14.0. The van der Waals surface area contributed by atoms with Gasteiger partial charge >= 0.3 is 24.7 Å². The van der Waals surface area contributed by atoms with Crippen molar-refractivity contribution in [2.24, 2.45) is 0 Å². The third kappa shape index (κ3) is 5.19. The summed E-state index contributed by atoms with van der Waals surface area (Å²) < 4.78 is 171. The van der Waals surface area contributed by atoms with Crippen LogP contribution in [0.3, 0.4) is 0 Å². The maximum Gasteiger partial charge on any atom is 0.416 e. The van der Waals surface area contributed by atoms with E-state index in [0.29, 0.717) is 78.1 Å². The summed E-state index contributed by atoms with van der Waals surface area (Å²) in [5.74, 6) is 0. The molecule has 0 saturated heterocycles. The van der Waals surface area contributed by atoms with E-state index in [9.17, 15) is 52.7 Å². The van der Waals surface area contributed by atoms with Gasteiger partial charge in [-0.2, -0.15) is 52.7 Å². The fourth-order valence-corrected chi connectivity index (χ4v) is 8.27. The van der Waals surface area contributed by atoms with E-state index >= 15 is 0 Å². The first kappa shape index (κ1) is 35.8.